The highest BCUT2D eigenvalue weighted by atomic mass is 16.1. The summed E-state index contributed by atoms with van der Waals surface area (Å²) in [6, 6.07) is 6.46. The lowest BCUT2D eigenvalue weighted by molar-refractivity contribution is 0.403. The van der Waals surface area contributed by atoms with Gasteiger partial charge in [-0.3, -0.25) is 0 Å². The van der Waals surface area contributed by atoms with Crippen LogP contribution in [0, 0.1) is 5.92 Å². The van der Waals surface area contributed by atoms with Crippen molar-refractivity contribution in [3.8, 4) is 0 Å². The first-order valence-corrected chi connectivity index (χ1v) is 8.18. The van der Waals surface area contributed by atoms with Crippen molar-refractivity contribution >= 4 is 11.0 Å². The maximum Gasteiger partial charge on any atom is 0.323 e. The predicted octanol–water partition coefficient (Wildman–Crippen LogP) is 3.48. The van der Waals surface area contributed by atoms with Crippen LogP contribution < -0.4 is 11.0 Å². The SMILES string of the molecule is CC(NCC1CCCCCC1)c1ccc2[nH]c(=O)[nH]c2c1. The van der Waals surface area contributed by atoms with Gasteiger partial charge in [-0.05, 0) is 49.9 Å². The number of H-pyrrole nitrogens is 2. The molecule has 2 aromatic rings. The van der Waals surface area contributed by atoms with Crippen molar-refractivity contribution < 1.29 is 0 Å². The number of imidazole rings is 1. The Morgan fingerprint density at radius 1 is 1.14 bits per heavy atom. The van der Waals surface area contributed by atoms with Crippen LogP contribution in [0.3, 0.4) is 0 Å². The van der Waals surface area contributed by atoms with Gasteiger partial charge >= 0.3 is 5.69 Å². The Balaban J connectivity index is 1.62. The Hall–Kier alpha value is -1.55. The van der Waals surface area contributed by atoms with E-state index in [1.54, 1.807) is 0 Å². The molecule has 21 heavy (non-hydrogen) atoms. The summed E-state index contributed by atoms with van der Waals surface area (Å²) in [6.45, 7) is 3.30. The molecule has 1 saturated carbocycles. The number of rotatable bonds is 4. The standard InChI is InChI=1S/C17H25N3O/c1-12(18-11-13-6-4-2-3-5-7-13)14-8-9-15-16(10-14)20-17(21)19-15/h8-10,12-13,18H,2-7,11H2,1H3,(H2,19,20,21). The molecule has 1 fully saturated rings. The third-order valence-corrected chi connectivity index (χ3v) is 4.73. The fourth-order valence-corrected chi connectivity index (χ4v) is 3.35. The van der Waals surface area contributed by atoms with E-state index < -0.39 is 0 Å². The van der Waals surface area contributed by atoms with Crippen molar-refractivity contribution in [3.05, 3.63) is 34.2 Å². The van der Waals surface area contributed by atoms with Crippen molar-refractivity contribution in [2.45, 2.75) is 51.5 Å². The molecule has 1 aromatic carbocycles. The largest absolute Gasteiger partial charge is 0.323 e. The minimum atomic E-state index is -0.138. The first-order valence-electron chi connectivity index (χ1n) is 8.18. The number of nitrogens with one attached hydrogen (secondary N) is 3. The molecular formula is C17H25N3O. The molecule has 4 heteroatoms. The molecule has 0 aliphatic heterocycles. The van der Waals surface area contributed by atoms with Crippen LogP contribution in [-0.2, 0) is 0 Å². The van der Waals surface area contributed by atoms with Crippen LogP contribution in [-0.4, -0.2) is 16.5 Å². The van der Waals surface area contributed by atoms with Crippen molar-refractivity contribution in [1.29, 1.82) is 0 Å². The smallest absolute Gasteiger partial charge is 0.310 e. The first-order chi connectivity index (χ1) is 10.2. The molecule has 1 unspecified atom stereocenters. The highest BCUT2D eigenvalue weighted by Gasteiger charge is 2.14. The van der Waals surface area contributed by atoms with Gasteiger partial charge < -0.3 is 15.3 Å². The van der Waals surface area contributed by atoms with Gasteiger partial charge in [0.25, 0.3) is 0 Å². The lowest BCUT2D eigenvalue weighted by atomic mass is 9.99. The summed E-state index contributed by atoms with van der Waals surface area (Å²) in [5.74, 6) is 0.825. The van der Waals surface area contributed by atoms with Gasteiger partial charge in [-0.2, -0.15) is 0 Å². The topological polar surface area (TPSA) is 60.7 Å². The van der Waals surface area contributed by atoms with Crippen molar-refractivity contribution in [2.75, 3.05) is 6.54 Å². The van der Waals surface area contributed by atoms with E-state index in [1.165, 1.54) is 44.1 Å². The van der Waals surface area contributed by atoms with E-state index in [-0.39, 0.29) is 5.69 Å². The van der Waals surface area contributed by atoms with Gasteiger partial charge in [-0.15, -0.1) is 0 Å². The molecule has 1 atom stereocenters. The zero-order valence-corrected chi connectivity index (χ0v) is 12.7. The van der Waals surface area contributed by atoms with Crippen LogP contribution in [0.1, 0.15) is 57.1 Å². The van der Waals surface area contributed by atoms with E-state index in [0.29, 0.717) is 6.04 Å². The second-order valence-corrected chi connectivity index (χ2v) is 6.37. The van der Waals surface area contributed by atoms with Crippen LogP contribution >= 0.6 is 0 Å². The van der Waals surface area contributed by atoms with Crippen LogP contribution in [0.4, 0.5) is 0 Å². The third-order valence-electron chi connectivity index (χ3n) is 4.73. The molecular weight excluding hydrogens is 262 g/mol. The van der Waals surface area contributed by atoms with E-state index in [4.69, 9.17) is 0 Å². The van der Waals surface area contributed by atoms with Crippen LogP contribution in [0.2, 0.25) is 0 Å². The van der Waals surface area contributed by atoms with Gasteiger partial charge in [0.2, 0.25) is 0 Å². The Morgan fingerprint density at radius 3 is 2.62 bits per heavy atom. The summed E-state index contributed by atoms with van der Waals surface area (Å²) in [5.41, 5.74) is 2.85. The minimum absolute atomic E-state index is 0.138. The Labute approximate surface area is 125 Å². The number of aromatic nitrogens is 2. The third kappa shape index (κ3) is 3.56. The van der Waals surface area contributed by atoms with Gasteiger partial charge in [0.15, 0.2) is 0 Å². The summed E-state index contributed by atoms with van der Waals surface area (Å²) in [7, 11) is 0. The van der Waals surface area contributed by atoms with Gasteiger partial charge in [0, 0.05) is 6.04 Å². The quantitative estimate of drug-likeness (QED) is 0.754. The highest BCUT2D eigenvalue weighted by Crippen LogP contribution is 2.23. The average Bonchev–Trinajstić information content (AvgIpc) is 2.69. The molecule has 1 aliphatic rings. The zero-order chi connectivity index (χ0) is 14.7. The summed E-state index contributed by atoms with van der Waals surface area (Å²) < 4.78 is 0. The fraction of sp³-hybridized carbons (Fsp3) is 0.588. The molecule has 1 aliphatic carbocycles. The van der Waals surface area contributed by atoms with Crippen LogP contribution in [0.5, 0.6) is 0 Å². The lowest BCUT2D eigenvalue weighted by Crippen LogP contribution is -2.25. The predicted molar refractivity (Wildman–Crippen MR) is 86.5 cm³/mol. The van der Waals surface area contributed by atoms with Crippen LogP contribution in [0.15, 0.2) is 23.0 Å². The molecule has 1 aromatic heterocycles. The molecule has 3 rings (SSSR count). The molecule has 0 amide bonds. The normalized spacial score (nSPS) is 18.7. The Bertz CT molecular complexity index is 635. The van der Waals surface area contributed by atoms with Crippen molar-refractivity contribution in [3.63, 3.8) is 0 Å². The summed E-state index contributed by atoms with van der Waals surface area (Å²) >= 11 is 0. The van der Waals surface area contributed by atoms with Crippen molar-refractivity contribution in [2.24, 2.45) is 5.92 Å². The highest BCUT2D eigenvalue weighted by molar-refractivity contribution is 5.75. The monoisotopic (exact) mass is 287 g/mol. The van der Waals surface area contributed by atoms with Gasteiger partial charge in [0.05, 0.1) is 11.0 Å². The molecule has 114 valence electrons. The summed E-state index contributed by atoms with van der Waals surface area (Å²) in [5, 5.41) is 3.67. The Morgan fingerprint density at radius 2 is 1.86 bits per heavy atom. The molecule has 0 spiro atoms. The number of hydrogen-bond donors (Lipinski definition) is 3. The minimum Gasteiger partial charge on any atom is -0.310 e. The van der Waals surface area contributed by atoms with E-state index in [9.17, 15) is 4.79 Å². The second-order valence-electron chi connectivity index (χ2n) is 6.37. The van der Waals surface area contributed by atoms with Gasteiger partial charge in [0.1, 0.15) is 0 Å². The Kier molecular flexibility index (Phi) is 4.44. The average molecular weight is 287 g/mol. The molecule has 0 radical (unpaired) electrons. The van der Waals surface area contributed by atoms with Crippen LogP contribution in [0.25, 0.3) is 11.0 Å². The molecule has 1 heterocycles. The summed E-state index contributed by atoms with van der Waals surface area (Å²) in [4.78, 5) is 16.9. The number of benzene rings is 1. The number of aromatic amines is 2. The van der Waals surface area contributed by atoms with Gasteiger partial charge in [-0.1, -0.05) is 31.7 Å². The number of hydrogen-bond acceptors (Lipinski definition) is 2. The van der Waals surface area contributed by atoms with E-state index >= 15 is 0 Å². The molecule has 4 nitrogen and oxygen atoms in total. The molecule has 0 saturated heterocycles. The molecule has 0 bridgehead atoms. The van der Waals surface area contributed by atoms with Gasteiger partial charge in [-0.25, -0.2) is 4.79 Å². The first kappa shape index (κ1) is 14.4. The van der Waals surface area contributed by atoms with E-state index in [2.05, 4.69) is 34.3 Å². The second kappa shape index (κ2) is 6.48. The van der Waals surface area contributed by atoms with E-state index in [1.807, 2.05) is 6.07 Å². The summed E-state index contributed by atoms with van der Waals surface area (Å²) in [6.07, 6.45) is 8.31. The number of fused-ring (bicyclic) bond motifs is 1. The van der Waals surface area contributed by atoms with E-state index in [0.717, 1.165) is 23.5 Å². The lowest BCUT2D eigenvalue weighted by Gasteiger charge is -2.19. The van der Waals surface area contributed by atoms with Crippen molar-refractivity contribution in [1.82, 2.24) is 15.3 Å². The zero-order valence-electron chi connectivity index (χ0n) is 12.7. The maximum atomic E-state index is 11.3. The maximum absolute atomic E-state index is 11.3. The fourth-order valence-electron chi connectivity index (χ4n) is 3.35. The molecule has 3 N–H and O–H groups in total.